The van der Waals surface area contributed by atoms with Crippen molar-refractivity contribution in [3.05, 3.63) is 71.8 Å². The maximum absolute atomic E-state index is 13.2. The van der Waals surface area contributed by atoms with E-state index in [0.29, 0.717) is 0 Å². The Bertz CT molecular complexity index is 884. The minimum atomic E-state index is -0.569. The van der Waals surface area contributed by atoms with Crippen molar-refractivity contribution < 1.29 is 19.1 Å². The Kier molecular flexibility index (Phi) is 4.96. The van der Waals surface area contributed by atoms with Gasteiger partial charge in [0.1, 0.15) is 0 Å². The lowest BCUT2D eigenvalue weighted by atomic mass is 9.86. The fourth-order valence-corrected chi connectivity index (χ4v) is 4.32. The van der Waals surface area contributed by atoms with E-state index in [0.717, 1.165) is 11.1 Å². The highest BCUT2D eigenvalue weighted by atomic mass is 16.5. The molecule has 0 saturated carbocycles. The van der Waals surface area contributed by atoms with E-state index < -0.39 is 23.8 Å². The van der Waals surface area contributed by atoms with E-state index >= 15 is 0 Å². The number of hydrogen-bond donors (Lipinski definition) is 1. The predicted octanol–water partition coefficient (Wildman–Crippen LogP) is 2.06. The van der Waals surface area contributed by atoms with E-state index in [9.17, 15) is 14.4 Å². The number of nitrogens with one attached hydrogen (secondary N) is 1. The molecular formula is C22H22N2O4. The van der Waals surface area contributed by atoms with Gasteiger partial charge in [0.2, 0.25) is 11.8 Å². The molecule has 2 saturated heterocycles. The zero-order chi connectivity index (χ0) is 19.7. The summed E-state index contributed by atoms with van der Waals surface area (Å²) in [5.41, 5.74) is 1.84. The van der Waals surface area contributed by atoms with Crippen LogP contribution in [-0.2, 0) is 25.7 Å². The molecule has 144 valence electrons. The molecule has 0 spiro atoms. The highest BCUT2D eigenvalue weighted by Crippen LogP contribution is 2.45. The van der Waals surface area contributed by atoms with E-state index in [1.807, 2.05) is 60.7 Å². The molecule has 0 aromatic heterocycles. The topological polar surface area (TPSA) is 75.7 Å². The summed E-state index contributed by atoms with van der Waals surface area (Å²) in [5, 5.41) is 3.35. The molecule has 2 fully saturated rings. The first kappa shape index (κ1) is 18.4. The molecule has 2 aromatic carbocycles. The smallest absolute Gasteiger partial charge is 0.307 e. The average Bonchev–Trinajstić information content (AvgIpc) is 3.21. The number of benzene rings is 2. The van der Waals surface area contributed by atoms with E-state index in [2.05, 4.69) is 5.32 Å². The summed E-state index contributed by atoms with van der Waals surface area (Å²) in [7, 11) is 1.33. The first-order chi connectivity index (χ1) is 13.6. The van der Waals surface area contributed by atoms with Crippen LogP contribution in [0.25, 0.3) is 0 Å². The fourth-order valence-electron chi connectivity index (χ4n) is 4.32. The van der Waals surface area contributed by atoms with Crippen molar-refractivity contribution in [1.29, 1.82) is 0 Å². The summed E-state index contributed by atoms with van der Waals surface area (Å²) < 4.78 is 4.80. The van der Waals surface area contributed by atoms with Crippen molar-refractivity contribution in [3.8, 4) is 0 Å². The first-order valence-corrected chi connectivity index (χ1v) is 9.37. The van der Waals surface area contributed by atoms with Gasteiger partial charge in [0.05, 0.1) is 31.9 Å². The second kappa shape index (κ2) is 7.56. The molecule has 4 atom stereocenters. The zero-order valence-electron chi connectivity index (χ0n) is 15.6. The lowest BCUT2D eigenvalue weighted by Crippen LogP contribution is -2.40. The molecule has 6 heteroatoms. The van der Waals surface area contributed by atoms with Crippen molar-refractivity contribution in [2.24, 2.45) is 11.8 Å². The number of ether oxygens (including phenoxy) is 1. The number of carbonyl (C=O) groups is 3. The van der Waals surface area contributed by atoms with Gasteiger partial charge in [-0.15, -0.1) is 0 Å². The molecule has 2 aromatic rings. The van der Waals surface area contributed by atoms with Crippen LogP contribution in [0.2, 0.25) is 0 Å². The van der Waals surface area contributed by atoms with Crippen molar-refractivity contribution in [1.82, 2.24) is 10.2 Å². The molecule has 2 aliphatic heterocycles. The largest absolute Gasteiger partial charge is 0.469 e. The molecular weight excluding hydrogens is 356 g/mol. The van der Waals surface area contributed by atoms with Crippen LogP contribution >= 0.6 is 0 Å². The van der Waals surface area contributed by atoms with Crippen LogP contribution in [0.15, 0.2) is 60.7 Å². The third kappa shape index (κ3) is 3.20. The fraction of sp³-hybridized carbons (Fsp3) is 0.318. The Morgan fingerprint density at radius 3 is 2.21 bits per heavy atom. The number of rotatable bonds is 5. The van der Waals surface area contributed by atoms with E-state index in [1.165, 1.54) is 12.0 Å². The molecule has 1 N–H and O–H groups in total. The number of methoxy groups -OCH3 is 1. The third-order valence-electron chi connectivity index (χ3n) is 5.63. The summed E-state index contributed by atoms with van der Waals surface area (Å²) in [6.45, 7) is 0.248. The van der Waals surface area contributed by atoms with Gasteiger partial charge in [-0.3, -0.25) is 19.3 Å². The first-order valence-electron chi connectivity index (χ1n) is 9.37. The average molecular weight is 378 g/mol. The van der Waals surface area contributed by atoms with Crippen LogP contribution in [0.5, 0.6) is 0 Å². The van der Waals surface area contributed by atoms with Gasteiger partial charge in [-0.2, -0.15) is 0 Å². The lowest BCUT2D eigenvalue weighted by molar-refractivity contribution is -0.142. The van der Waals surface area contributed by atoms with Gasteiger partial charge >= 0.3 is 5.97 Å². The molecule has 4 rings (SSSR count). The van der Waals surface area contributed by atoms with Gasteiger partial charge in [-0.25, -0.2) is 0 Å². The molecule has 2 heterocycles. The van der Waals surface area contributed by atoms with Crippen molar-refractivity contribution >= 4 is 17.8 Å². The lowest BCUT2D eigenvalue weighted by Gasteiger charge is -2.22. The Balaban J connectivity index is 1.66. The van der Waals surface area contributed by atoms with Crippen molar-refractivity contribution in [3.63, 3.8) is 0 Å². The van der Waals surface area contributed by atoms with Gasteiger partial charge in [0.15, 0.2) is 0 Å². The molecule has 0 aliphatic carbocycles. The van der Waals surface area contributed by atoms with Gasteiger partial charge in [-0.1, -0.05) is 60.7 Å². The highest BCUT2D eigenvalue weighted by molar-refractivity contribution is 6.06. The number of hydrogen-bond acceptors (Lipinski definition) is 5. The number of imide groups is 1. The monoisotopic (exact) mass is 378 g/mol. The van der Waals surface area contributed by atoms with E-state index in [-0.39, 0.29) is 30.8 Å². The van der Waals surface area contributed by atoms with Crippen LogP contribution in [0, 0.1) is 11.8 Å². The number of likely N-dealkylation sites (tertiary alicyclic amines) is 1. The minimum Gasteiger partial charge on any atom is -0.469 e. The maximum Gasteiger partial charge on any atom is 0.307 e. The molecule has 28 heavy (non-hydrogen) atoms. The van der Waals surface area contributed by atoms with Crippen LogP contribution in [-0.4, -0.2) is 35.8 Å². The summed E-state index contributed by atoms with van der Waals surface area (Å²) in [6.07, 6.45) is 0.0548. The Labute approximate surface area is 163 Å². The maximum atomic E-state index is 13.2. The van der Waals surface area contributed by atoms with E-state index in [1.54, 1.807) is 0 Å². The van der Waals surface area contributed by atoms with Crippen LogP contribution in [0.1, 0.15) is 23.6 Å². The summed E-state index contributed by atoms with van der Waals surface area (Å²) >= 11 is 0. The Morgan fingerprint density at radius 2 is 1.57 bits per heavy atom. The predicted molar refractivity (Wildman–Crippen MR) is 102 cm³/mol. The molecule has 0 radical (unpaired) electrons. The van der Waals surface area contributed by atoms with Crippen molar-refractivity contribution in [2.45, 2.75) is 25.0 Å². The standard InChI is InChI=1S/C22H22N2O4/c1-28-17(25)12-16-18-19(20(23-16)15-10-6-3-7-11-15)22(27)24(21(18)26)13-14-8-4-2-5-9-14/h2-11,16,18-20,23H,12-13H2,1H3/t16-,18+,19-,20-/m0/s1. The molecule has 2 amide bonds. The van der Waals surface area contributed by atoms with E-state index in [4.69, 9.17) is 4.74 Å². The number of nitrogens with zero attached hydrogens (tertiary/aromatic N) is 1. The van der Waals surface area contributed by atoms with Gasteiger partial charge < -0.3 is 10.1 Å². The van der Waals surface area contributed by atoms with Crippen LogP contribution in [0.3, 0.4) is 0 Å². The Morgan fingerprint density at radius 1 is 0.964 bits per heavy atom. The summed E-state index contributed by atoms with van der Waals surface area (Å²) in [6, 6.07) is 18.3. The number of carbonyl (C=O) groups excluding carboxylic acids is 3. The molecule has 2 aliphatic rings. The van der Waals surface area contributed by atoms with Gasteiger partial charge in [0, 0.05) is 12.1 Å². The molecule has 6 nitrogen and oxygen atoms in total. The normalized spacial score (nSPS) is 26.4. The number of amides is 2. The second-order valence-electron chi connectivity index (χ2n) is 7.24. The van der Waals surface area contributed by atoms with Gasteiger partial charge in [-0.05, 0) is 11.1 Å². The summed E-state index contributed by atoms with van der Waals surface area (Å²) in [4.78, 5) is 39.6. The van der Waals surface area contributed by atoms with Crippen LogP contribution in [0.4, 0.5) is 0 Å². The second-order valence-corrected chi connectivity index (χ2v) is 7.24. The zero-order valence-corrected chi connectivity index (χ0v) is 15.6. The number of fused-ring (bicyclic) bond motifs is 1. The highest BCUT2D eigenvalue weighted by Gasteiger charge is 2.59. The Hall–Kier alpha value is -2.99. The number of esters is 1. The third-order valence-corrected chi connectivity index (χ3v) is 5.63. The minimum absolute atomic E-state index is 0.0548. The molecule has 0 bridgehead atoms. The quantitative estimate of drug-likeness (QED) is 0.637. The summed E-state index contributed by atoms with van der Waals surface area (Å²) in [5.74, 6) is -1.90. The van der Waals surface area contributed by atoms with Crippen molar-refractivity contribution in [2.75, 3.05) is 7.11 Å². The van der Waals surface area contributed by atoms with Gasteiger partial charge in [0.25, 0.3) is 0 Å². The molecule has 0 unspecified atom stereocenters. The SMILES string of the molecule is COC(=O)C[C@@H]1N[C@@H](c2ccccc2)[C@H]2C(=O)N(Cc3ccccc3)C(=O)[C@@H]21. The van der Waals surface area contributed by atoms with Crippen LogP contribution < -0.4 is 5.32 Å².